The van der Waals surface area contributed by atoms with Gasteiger partial charge in [-0.3, -0.25) is 4.79 Å². The van der Waals surface area contributed by atoms with E-state index in [2.05, 4.69) is 5.92 Å². The third-order valence-corrected chi connectivity index (χ3v) is 1.09. The summed E-state index contributed by atoms with van der Waals surface area (Å²) in [5, 5.41) is 0. The standard InChI is InChI=1S/C8H13NO2/c1-3-5-7(9)8(10)11-6-4-2/h1,7H,4-6,9H2,2H3. The lowest BCUT2D eigenvalue weighted by atomic mass is 10.2. The molecule has 0 heterocycles. The van der Waals surface area contributed by atoms with Crippen molar-refractivity contribution in [3.8, 4) is 12.3 Å². The molecule has 2 N–H and O–H groups in total. The molecule has 1 unspecified atom stereocenters. The van der Waals surface area contributed by atoms with Gasteiger partial charge in [-0.05, 0) is 6.42 Å². The van der Waals surface area contributed by atoms with Crippen LogP contribution in [-0.4, -0.2) is 18.6 Å². The summed E-state index contributed by atoms with van der Waals surface area (Å²) < 4.78 is 4.75. The Morgan fingerprint density at radius 1 is 1.82 bits per heavy atom. The molecule has 0 spiro atoms. The van der Waals surface area contributed by atoms with Crippen molar-refractivity contribution in [3.63, 3.8) is 0 Å². The van der Waals surface area contributed by atoms with Crippen LogP contribution < -0.4 is 5.73 Å². The molecular weight excluding hydrogens is 142 g/mol. The van der Waals surface area contributed by atoms with Crippen LogP contribution in [0.2, 0.25) is 0 Å². The van der Waals surface area contributed by atoms with Gasteiger partial charge in [0, 0.05) is 6.42 Å². The number of hydrogen-bond donors (Lipinski definition) is 1. The van der Waals surface area contributed by atoms with Crippen LogP contribution in [0.4, 0.5) is 0 Å². The van der Waals surface area contributed by atoms with Crippen LogP contribution in [0.25, 0.3) is 0 Å². The average Bonchev–Trinajstić information content (AvgIpc) is 2.00. The summed E-state index contributed by atoms with van der Waals surface area (Å²) in [5.41, 5.74) is 5.35. The second kappa shape index (κ2) is 5.75. The number of ether oxygens (including phenoxy) is 1. The maximum Gasteiger partial charge on any atom is 0.323 e. The van der Waals surface area contributed by atoms with Gasteiger partial charge in [0.1, 0.15) is 6.04 Å². The quantitative estimate of drug-likeness (QED) is 0.469. The highest BCUT2D eigenvalue weighted by Crippen LogP contribution is 1.91. The minimum atomic E-state index is -0.661. The molecule has 0 aromatic carbocycles. The van der Waals surface area contributed by atoms with Gasteiger partial charge in [-0.25, -0.2) is 0 Å². The van der Waals surface area contributed by atoms with Gasteiger partial charge >= 0.3 is 5.97 Å². The lowest BCUT2D eigenvalue weighted by Gasteiger charge is -2.06. The van der Waals surface area contributed by atoms with E-state index in [1.54, 1.807) is 0 Å². The lowest BCUT2D eigenvalue weighted by Crippen LogP contribution is -2.31. The van der Waals surface area contributed by atoms with Gasteiger partial charge in [0.05, 0.1) is 6.61 Å². The Labute approximate surface area is 66.9 Å². The van der Waals surface area contributed by atoms with Gasteiger partial charge in [0.2, 0.25) is 0 Å². The third kappa shape index (κ3) is 4.40. The van der Waals surface area contributed by atoms with Crippen LogP contribution in [0, 0.1) is 12.3 Å². The Kier molecular flexibility index (Phi) is 5.22. The van der Waals surface area contributed by atoms with Crippen molar-refractivity contribution >= 4 is 5.97 Å². The Hall–Kier alpha value is -1.01. The molecule has 11 heavy (non-hydrogen) atoms. The fraction of sp³-hybridized carbons (Fsp3) is 0.625. The molecule has 0 saturated carbocycles. The minimum Gasteiger partial charge on any atom is -0.465 e. The number of nitrogens with two attached hydrogens (primary N) is 1. The van der Waals surface area contributed by atoms with E-state index in [-0.39, 0.29) is 6.42 Å². The molecule has 3 heteroatoms. The van der Waals surface area contributed by atoms with Crippen molar-refractivity contribution in [1.29, 1.82) is 0 Å². The second-order valence-electron chi connectivity index (χ2n) is 2.18. The molecule has 0 amide bonds. The molecule has 0 aromatic rings. The minimum absolute atomic E-state index is 0.239. The largest absolute Gasteiger partial charge is 0.465 e. The van der Waals surface area contributed by atoms with Gasteiger partial charge < -0.3 is 10.5 Å². The van der Waals surface area contributed by atoms with Crippen molar-refractivity contribution in [1.82, 2.24) is 0 Å². The Bertz CT molecular complexity index is 160. The third-order valence-electron chi connectivity index (χ3n) is 1.09. The zero-order valence-corrected chi connectivity index (χ0v) is 6.67. The van der Waals surface area contributed by atoms with Gasteiger partial charge in [0.15, 0.2) is 0 Å². The first-order valence-electron chi connectivity index (χ1n) is 3.58. The predicted octanol–water partition coefficient (Wildman–Crippen LogP) is 0.290. The fourth-order valence-electron chi connectivity index (χ4n) is 0.520. The van der Waals surface area contributed by atoms with Gasteiger partial charge in [-0.1, -0.05) is 6.92 Å². The molecule has 0 rings (SSSR count). The van der Waals surface area contributed by atoms with E-state index in [9.17, 15) is 4.79 Å². The van der Waals surface area contributed by atoms with Crippen molar-refractivity contribution in [2.24, 2.45) is 5.73 Å². The molecular formula is C8H13NO2. The molecule has 0 fully saturated rings. The van der Waals surface area contributed by atoms with Crippen molar-refractivity contribution in [2.45, 2.75) is 25.8 Å². The smallest absolute Gasteiger partial charge is 0.323 e. The second-order valence-corrected chi connectivity index (χ2v) is 2.18. The molecule has 1 atom stereocenters. The molecule has 0 bridgehead atoms. The summed E-state index contributed by atoms with van der Waals surface area (Å²) in [6.45, 7) is 2.33. The highest BCUT2D eigenvalue weighted by molar-refractivity contribution is 5.75. The van der Waals surface area contributed by atoms with Gasteiger partial charge in [0.25, 0.3) is 0 Å². The lowest BCUT2D eigenvalue weighted by molar-refractivity contribution is -0.145. The molecule has 0 aliphatic heterocycles. The highest BCUT2D eigenvalue weighted by Gasteiger charge is 2.12. The summed E-state index contributed by atoms with van der Waals surface area (Å²) in [6.07, 6.45) is 6.00. The summed E-state index contributed by atoms with van der Waals surface area (Å²) in [7, 11) is 0. The van der Waals surface area contributed by atoms with Crippen LogP contribution >= 0.6 is 0 Å². The monoisotopic (exact) mass is 155 g/mol. The first-order valence-corrected chi connectivity index (χ1v) is 3.58. The number of esters is 1. The van der Waals surface area contributed by atoms with E-state index in [1.807, 2.05) is 6.92 Å². The summed E-state index contributed by atoms with van der Waals surface area (Å²) >= 11 is 0. The Morgan fingerprint density at radius 3 is 2.91 bits per heavy atom. The fourth-order valence-corrected chi connectivity index (χ4v) is 0.520. The zero-order valence-electron chi connectivity index (χ0n) is 6.67. The molecule has 0 aliphatic carbocycles. The van der Waals surface area contributed by atoms with E-state index in [4.69, 9.17) is 16.9 Å². The molecule has 0 aromatic heterocycles. The number of hydrogen-bond acceptors (Lipinski definition) is 3. The average molecular weight is 155 g/mol. The van der Waals surface area contributed by atoms with E-state index in [1.165, 1.54) is 0 Å². The van der Waals surface area contributed by atoms with Crippen molar-refractivity contribution in [2.75, 3.05) is 6.61 Å². The van der Waals surface area contributed by atoms with E-state index in [0.717, 1.165) is 6.42 Å². The maximum absolute atomic E-state index is 10.8. The van der Waals surface area contributed by atoms with Crippen LogP contribution in [0.1, 0.15) is 19.8 Å². The van der Waals surface area contributed by atoms with Crippen LogP contribution in [-0.2, 0) is 9.53 Å². The van der Waals surface area contributed by atoms with E-state index >= 15 is 0 Å². The first-order chi connectivity index (χ1) is 5.22. The molecule has 0 aliphatic rings. The first kappa shape index (κ1) is 9.99. The summed E-state index contributed by atoms with van der Waals surface area (Å²) in [5.74, 6) is 1.89. The number of carbonyl (C=O) groups is 1. The van der Waals surface area contributed by atoms with Crippen molar-refractivity contribution < 1.29 is 9.53 Å². The van der Waals surface area contributed by atoms with Gasteiger partial charge in [-0.2, -0.15) is 0 Å². The highest BCUT2D eigenvalue weighted by atomic mass is 16.5. The van der Waals surface area contributed by atoms with Crippen LogP contribution in [0.5, 0.6) is 0 Å². The Balaban J connectivity index is 3.57. The van der Waals surface area contributed by atoms with Crippen LogP contribution in [0.3, 0.4) is 0 Å². The number of carbonyl (C=O) groups excluding carboxylic acids is 1. The maximum atomic E-state index is 10.8. The van der Waals surface area contributed by atoms with E-state index in [0.29, 0.717) is 6.61 Å². The molecule has 62 valence electrons. The van der Waals surface area contributed by atoms with E-state index < -0.39 is 12.0 Å². The topological polar surface area (TPSA) is 52.3 Å². The molecule has 0 radical (unpaired) electrons. The zero-order chi connectivity index (χ0) is 8.69. The predicted molar refractivity (Wildman–Crippen MR) is 42.7 cm³/mol. The summed E-state index contributed by atoms with van der Waals surface area (Å²) in [6, 6.07) is -0.661. The summed E-state index contributed by atoms with van der Waals surface area (Å²) in [4.78, 5) is 10.8. The normalized spacial score (nSPS) is 11.7. The van der Waals surface area contributed by atoms with Crippen LogP contribution in [0.15, 0.2) is 0 Å². The number of terminal acetylenes is 1. The van der Waals surface area contributed by atoms with Gasteiger partial charge in [-0.15, -0.1) is 12.3 Å². The van der Waals surface area contributed by atoms with Crippen molar-refractivity contribution in [3.05, 3.63) is 0 Å². The SMILES string of the molecule is C#CCC(N)C(=O)OCCC. The number of rotatable bonds is 4. The Morgan fingerprint density at radius 2 is 2.45 bits per heavy atom. The molecule has 3 nitrogen and oxygen atoms in total. The molecule has 0 saturated heterocycles.